The van der Waals surface area contributed by atoms with Crippen LogP contribution in [0, 0.1) is 5.92 Å². The van der Waals surface area contributed by atoms with Gasteiger partial charge in [-0.25, -0.2) is 4.79 Å². The summed E-state index contributed by atoms with van der Waals surface area (Å²) in [7, 11) is -0.585. The number of Topliss-reactive ketones (excluding diaryl/α,β-unsaturated/α-hetero) is 1. The fraction of sp³-hybridized carbons (Fsp3) is 0.462. The van der Waals surface area contributed by atoms with E-state index in [1.54, 1.807) is 19.2 Å². The Bertz CT molecular complexity index is 881. The summed E-state index contributed by atoms with van der Waals surface area (Å²) in [5, 5.41) is -0.000264. The normalized spacial score (nSPS) is 13.0. The Kier molecular flexibility index (Phi) is 8.81. The highest BCUT2D eigenvalue weighted by atomic mass is 28.4. The van der Waals surface area contributed by atoms with Crippen molar-refractivity contribution in [3.05, 3.63) is 71.8 Å². The molecule has 0 fully saturated rings. The van der Waals surface area contributed by atoms with Crippen LogP contribution in [0.1, 0.15) is 43.6 Å². The van der Waals surface area contributed by atoms with E-state index in [0.29, 0.717) is 11.5 Å². The van der Waals surface area contributed by atoms with Crippen LogP contribution in [0.4, 0.5) is 4.79 Å². The van der Waals surface area contributed by atoms with Crippen LogP contribution in [0.15, 0.2) is 60.7 Å². The summed E-state index contributed by atoms with van der Waals surface area (Å²) in [6.07, 6.45) is -0.547. The molecule has 0 aliphatic rings. The molecule has 1 amide bonds. The summed E-state index contributed by atoms with van der Waals surface area (Å²) in [5.41, 5.74) is 1.44. The zero-order valence-electron chi connectivity index (χ0n) is 20.4. The van der Waals surface area contributed by atoms with Gasteiger partial charge in [0.1, 0.15) is 12.6 Å². The summed E-state index contributed by atoms with van der Waals surface area (Å²) in [5.74, 6) is 0.276. The molecule has 0 N–H and O–H groups in total. The zero-order chi connectivity index (χ0) is 23.9. The number of hydrogen-bond donors (Lipinski definition) is 0. The van der Waals surface area contributed by atoms with Crippen molar-refractivity contribution in [1.82, 2.24) is 4.90 Å². The van der Waals surface area contributed by atoms with Gasteiger partial charge in [0.25, 0.3) is 0 Å². The lowest BCUT2D eigenvalue weighted by molar-refractivity contribution is 0.0616. The number of amides is 1. The SMILES string of the molecule is CC(C)C(C)(C)[Si](C)(C)OC[C@@H](C(=O)c1ccccc1)N(C)C(=O)OCc1ccccc1. The molecule has 6 heteroatoms. The van der Waals surface area contributed by atoms with Crippen molar-refractivity contribution in [2.24, 2.45) is 5.92 Å². The van der Waals surface area contributed by atoms with Crippen LogP contribution >= 0.6 is 0 Å². The van der Waals surface area contributed by atoms with E-state index in [9.17, 15) is 9.59 Å². The third-order valence-electron chi connectivity index (χ3n) is 6.92. The molecule has 2 aromatic rings. The maximum Gasteiger partial charge on any atom is 0.410 e. The van der Waals surface area contributed by atoms with Gasteiger partial charge in [-0.1, -0.05) is 88.4 Å². The molecular weight excluding hydrogens is 418 g/mol. The van der Waals surface area contributed by atoms with Crippen molar-refractivity contribution >= 4 is 20.2 Å². The largest absolute Gasteiger partial charge is 0.445 e. The van der Waals surface area contributed by atoms with Gasteiger partial charge in [-0.2, -0.15) is 0 Å². The molecule has 5 nitrogen and oxygen atoms in total. The average Bonchev–Trinajstić information content (AvgIpc) is 2.78. The molecule has 2 aromatic carbocycles. The van der Waals surface area contributed by atoms with E-state index in [2.05, 4.69) is 40.8 Å². The number of likely N-dealkylation sites (N-methyl/N-ethyl adjacent to an activating group) is 1. The highest BCUT2D eigenvalue weighted by Crippen LogP contribution is 2.44. The maximum atomic E-state index is 13.4. The number of ketones is 1. The number of hydrogen-bond acceptors (Lipinski definition) is 4. The van der Waals surface area contributed by atoms with Gasteiger partial charge in [-0.15, -0.1) is 0 Å². The smallest absolute Gasteiger partial charge is 0.410 e. The predicted molar refractivity (Wildman–Crippen MR) is 131 cm³/mol. The second-order valence-corrected chi connectivity index (χ2v) is 14.2. The summed E-state index contributed by atoms with van der Waals surface area (Å²) in [4.78, 5) is 27.5. The van der Waals surface area contributed by atoms with Gasteiger partial charge in [-0.05, 0) is 29.6 Å². The first kappa shape index (κ1) is 25.8. The lowest BCUT2D eigenvalue weighted by Crippen LogP contribution is -2.51. The minimum atomic E-state index is -2.19. The highest BCUT2D eigenvalue weighted by molar-refractivity contribution is 6.74. The standard InChI is InChI=1S/C26H37NO4Si/c1-20(2)26(3,4)32(6,7)31-19-23(24(28)22-16-12-9-13-17-22)27(5)25(29)30-18-21-14-10-8-11-15-21/h8-17,20,23H,18-19H2,1-7H3/t23-/m0/s1. The summed E-state index contributed by atoms with van der Waals surface area (Å²) < 4.78 is 11.9. The maximum absolute atomic E-state index is 13.4. The van der Waals surface area contributed by atoms with E-state index in [-0.39, 0.29) is 24.0 Å². The molecule has 0 unspecified atom stereocenters. The van der Waals surface area contributed by atoms with Crippen LogP contribution in [-0.2, 0) is 15.8 Å². The molecule has 2 rings (SSSR count). The van der Waals surface area contributed by atoms with Gasteiger partial charge in [0.05, 0.1) is 6.61 Å². The molecule has 0 heterocycles. The topological polar surface area (TPSA) is 55.8 Å². The Labute approximate surface area is 193 Å². The molecule has 0 saturated heterocycles. The molecule has 0 aromatic heterocycles. The van der Waals surface area contributed by atoms with E-state index < -0.39 is 20.5 Å². The molecule has 0 radical (unpaired) electrons. The Morgan fingerprint density at radius 1 is 0.969 bits per heavy atom. The first-order valence-electron chi connectivity index (χ1n) is 11.1. The second kappa shape index (κ2) is 10.9. The second-order valence-electron chi connectivity index (χ2n) is 9.59. The zero-order valence-corrected chi connectivity index (χ0v) is 21.4. The number of carbonyl (C=O) groups is 2. The van der Waals surface area contributed by atoms with Crippen molar-refractivity contribution in [1.29, 1.82) is 0 Å². The van der Waals surface area contributed by atoms with Crippen molar-refractivity contribution in [3.63, 3.8) is 0 Å². The minimum absolute atomic E-state index is 0.000264. The lowest BCUT2D eigenvalue weighted by atomic mass is 9.99. The van der Waals surface area contributed by atoms with E-state index in [1.807, 2.05) is 48.5 Å². The molecule has 32 heavy (non-hydrogen) atoms. The van der Waals surface area contributed by atoms with E-state index in [1.165, 1.54) is 4.90 Å². The van der Waals surface area contributed by atoms with Gasteiger partial charge >= 0.3 is 6.09 Å². The van der Waals surface area contributed by atoms with Gasteiger partial charge in [0.15, 0.2) is 14.1 Å². The first-order valence-corrected chi connectivity index (χ1v) is 14.0. The number of ether oxygens (including phenoxy) is 1. The molecule has 0 aliphatic carbocycles. The van der Waals surface area contributed by atoms with Crippen LogP contribution in [0.3, 0.4) is 0 Å². The molecule has 0 aliphatic heterocycles. The van der Waals surface area contributed by atoms with Crippen LogP contribution in [0.2, 0.25) is 18.1 Å². The number of benzene rings is 2. The molecule has 0 spiro atoms. The number of carbonyl (C=O) groups excluding carboxylic acids is 2. The van der Waals surface area contributed by atoms with Crippen LogP contribution < -0.4 is 0 Å². The van der Waals surface area contributed by atoms with Gasteiger partial charge in [-0.3, -0.25) is 9.69 Å². The number of rotatable bonds is 10. The van der Waals surface area contributed by atoms with E-state index in [4.69, 9.17) is 9.16 Å². The summed E-state index contributed by atoms with van der Waals surface area (Å²) in [6, 6.07) is 17.7. The monoisotopic (exact) mass is 455 g/mol. The van der Waals surface area contributed by atoms with Gasteiger partial charge in [0, 0.05) is 12.6 Å². The number of nitrogens with zero attached hydrogens (tertiary/aromatic N) is 1. The van der Waals surface area contributed by atoms with Crippen LogP contribution in [0.5, 0.6) is 0 Å². The average molecular weight is 456 g/mol. The van der Waals surface area contributed by atoms with Crippen molar-refractivity contribution in [2.45, 2.75) is 58.5 Å². The van der Waals surface area contributed by atoms with Crippen LogP contribution in [-0.4, -0.2) is 44.8 Å². The highest BCUT2D eigenvalue weighted by Gasteiger charge is 2.44. The third-order valence-corrected chi connectivity index (χ3v) is 11.5. The fourth-order valence-electron chi connectivity index (χ4n) is 3.28. The summed E-state index contributed by atoms with van der Waals surface area (Å²) in [6.45, 7) is 13.5. The molecule has 1 atom stereocenters. The minimum Gasteiger partial charge on any atom is -0.445 e. The predicted octanol–water partition coefficient (Wildman–Crippen LogP) is 6.16. The fourth-order valence-corrected chi connectivity index (χ4v) is 5.61. The lowest BCUT2D eigenvalue weighted by Gasteiger charge is -2.43. The summed E-state index contributed by atoms with van der Waals surface area (Å²) >= 11 is 0. The van der Waals surface area contributed by atoms with Crippen LogP contribution in [0.25, 0.3) is 0 Å². The Balaban J connectivity index is 2.20. The third kappa shape index (κ3) is 6.30. The van der Waals surface area contributed by atoms with Crippen molar-refractivity contribution in [3.8, 4) is 0 Å². The Hall–Kier alpha value is -2.44. The van der Waals surface area contributed by atoms with Crippen molar-refractivity contribution in [2.75, 3.05) is 13.7 Å². The van der Waals surface area contributed by atoms with E-state index in [0.717, 1.165) is 5.56 Å². The molecule has 0 bridgehead atoms. The molecule has 174 valence electrons. The van der Waals surface area contributed by atoms with Crippen molar-refractivity contribution < 1.29 is 18.8 Å². The quantitative estimate of drug-likeness (QED) is 0.318. The Morgan fingerprint density at radius 3 is 2.03 bits per heavy atom. The molecular formula is C26H37NO4Si. The van der Waals surface area contributed by atoms with E-state index >= 15 is 0 Å². The van der Waals surface area contributed by atoms with Gasteiger partial charge in [0.2, 0.25) is 0 Å². The van der Waals surface area contributed by atoms with Gasteiger partial charge < -0.3 is 9.16 Å². The molecule has 0 saturated carbocycles. The first-order chi connectivity index (χ1) is 15.0. The Morgan fingerprint density at radius 2 is 1.50 bits per heavy atom.